The number of sulfonamides is 1. The number of rotatable bonds is 4. The Kier molecular flexibility index (Phi) is 4.44. The Morgan fingerprint density at radius 2 is 2.09 bits per heavy atom. The maximum atomic E-state index is 12.2. The number of primary sulfonamides is 1. The monoisotopic (exact) mass is 338 g/mol. The summed E-state index contributed by atoms with van der Waals surface area (Å²) < 4.78 is 29.7. The Bertz CT molecular complexity index is 713. The zero-order valence-corrected chi connectivity index (χ0v) is 14.0. The van der Waals surface area contributed by atoms with E-state index in [0.29, 0.717) is 30.9 Å². The minimum absolute atomic E-state index is 0.00835. The van der Waals surface area contributed by atoms with Crippen molar-refractivity contribution in [2.45, 2.75) is 37.2 Å². The predicted octanol–water partition coefficient (Wildman–Crippen LogP) is 1.54. The number of carbonyl (C=O) groups is 1. The van der Waals surface area contributed by atoms with Crippen molar-refractivity contribution >= 4 is 21.5 Å². The second-order valence-corrected chi connectivity index (χ2v) is 7.88. The Labute approximate surface area is 136 Å². The lowest BCUT2D eigenvalue weighted by Crippen LogP contribution is -2.32. The maximum Gasteiger partial charge on any atom is 0.240 e. The fraction of sp³-hybridized carbons (Fsp3) is 0.562. The molecule has 6 nitrogen and oxygen atoms in total. The molecule has 1 saturated carbocycles. The molecule has 3 rings (SSSR count). The maximum absolute atomic E-state index is 12.2. The van der Waals surface area contributed by atoms with E-state index in [2.05, 4.69) is 0 Å². The van der Waals surface area contributed by atoms with Crippen molar-refractivity contribution in [2.24, 2.45) is 11.1 Å². The second-order valence-electron chi connectivity index (χ2n) is 6.35. The summed E-state index contributed by atoms with van der Waals surface area (Å²) in [5.74, 6) is 0.0507. The van der Waals surface area contributed by atoms with Crippen molar-refractivity contribution in [1.29, 1.82) is 0 Å². The molecule has 126 valence electrons. The molecule has 0 bridgehead atoms. The molecular formula is C16H22N2O4S. The summed E-state index contributed by atoms with van der Waals surface area (Å²) in [6, 6.07) is 4.84. The van der Waals surface area contributed by atoms with Crippen LogP contribution in [0.4, 0.5) is 5.69 Å². The molecule has 2 aliphatic rings. The number of carbonyl (C=O) groups excluding carboxylic acids is 1. The number of nitrogens with two attached hydrogens (primary N) is 1. The smallest absolute Gasteiger partial charge is 0.240 e. The molecule has 2 N–H and O–H groups in total. The first-order valence-corrected chi connectivity index (χ1v) is 9.48. The van der Waals surface area contributed by atoms with Gasteiger partial charge in [0.1, 0.15) is 4.90 Å². The van der Waals surface area contributed by atoms with Gasteiger partial charge in [0.25, 0.3) is 0 Å². The molecule has 1 aromatic rings. The quantitative estimate of drug-likeness (QED) is 0.841. The van der Waals surface area contributed by atoms with E-state index in [4.69, 9.17) is 9.88 Å². The van der Waals surface area contributed by atoms with Gasteiger partial charge in [-0.2, -0.15) is 0 Å². The van der Waals surface area contributed by atoms with Crippen LogP contribution in [0.2, 0.25) is 0 Å². The first-order chi connectivity index (χ1) is 10.9. The normalized spacial score (nSPS) is 22.7. The lowest BCUT2D eigenvalue weighted by Gasteiger charge is -2.26. The summed E-state index contributed by atoms with van der Waals surface area (Å²) in [5, 5.41) is 5.40. The van der Waals surface area contributed by atoms with Crippen LogP contribution in [0.1, 0.15) is 36.5 Å². The number of ether oxygens (including phenoxy) is 1. The number of Topliss-reactive ketones (excluding diaryl/α,β-unsaturated/α-hetero) is 1. The van der Waals surface area contributed by atoms with Crippen molar-refractivity contribution in [3.8, 4) is 0 Å². The van der Waals surface area contributed by atoms with Crippen molar-refractivity contribution in [2.75, 3.05) is 24.6 Å². The molecule has 1 aromatic carbocycles. The topological polar surface area (TPSA) is 89.7 Å². The van der Waals surface area contributed by atoms with E-state index >= 15 is 0 Å². The van der Waals surface area contributed by atoms with Crippen LogP contribution in [-0.2, 0) is 14.8 Å². The number of ketones is 1. The molecule has 1 heterocycles. The number of anilines is 1. The highest BCUT2D eigenvalue weighted by Crippen LogP contribution is 2.34. The van der Waals surface area contributed by atoms with E-state index in [9.17, 15) is 13.2 Å². The Balaban J connectivity index is 2.00. The van der Waals surface area contributed by atoms with Gasteiger partial charge >= 0.3 is 0 Å². The van der Waals surface area contributed by atoms with E-state index in [-0.39, 0.29) is 22.7 Å². The first kappa shape index (κ1) is 16.4. The lowest BCUT2D eigenvalue weighted by molar-refractivity contribution is 0.0820. The van der Waals surface area contributed by atoms with Gasteiger partial charge in [0, 0.05) is 31.2 Å². The van der Waals surface area contributed by atoms with E-state index in [1.54, 1.807) is 12.1 Å². The minimum Gasteiger partial charge on any atom is -0.377 e. The van der Waals surface area contributed by atoms with Crippen LogP contribution in [0.25, 0.3) is 0 Å². The van der Waals surface area contributed by atoms with Gasteiger partial charge in [0.15, 0.2) is 5.78 Å². The zero-order chi connectivity index (χ0) is 16.6. The second kappa shape index (κ2) is 6.22. The van der Waals surface area contributed by atoms with Crippen LogP contribution in [0.5, 0.6) is 0 Å². The van der Waals surface area contributed by atoms with Crippen LogP contribution < -0.4 is 10.0 Å². The molecule has 1 aliphatic carbocycles. The average Bonchev–Trinajstić information content (AvgIpc) is 3.32. The molecule has 23 heavy (non-hydrogen) atoms. The highest BCUT2D eigenvalue weighted by Gasteiger charge is 2.32. The van der Waals surface area contributed by atoms with Gasteiger partial charge in [-0.15, -0.1) is 0 Å². The standard InChI is InChI=1S/C16H22N2O4S/c1-11-10-18(7-2-8-22-11)14-6-5-13(16(19)12-3-4-12)9-15(14)23(17,20)21/h5-6,9,11-12H,2-4,7-8,10H2,1H3,(H2,17,20,21). The molecule has 0 aromatic heterocycles. The number of hydrogen-bond donors (Lipinski definition) is 1. The number of hydrogen-bond acceptors (Lipinski definition) is 5. The fourth-order valence-corrected chi connectivity index (χ4v) is 3.73. The van der Waals surface area contributed by atoms with Gasteiger partial charge in [-0.05, 0) is 44.4 Å². The van der Waals surface area contributed by atoms with Crippen LogP contribution in [0.15, 0.2) is 23.1 Å². The lowest BCUT2D eigenvalue weighted by atomic mass is 10.1. The van der Waals surface area contributed by atoms with E-state index in [1.165, 1.54) is 6.07 Å². The zero-order valence-electron chi connectivity index (χ0n) is 13.2. The SMILES string of the molecule is CC1CN(c2ccc(C(=O)C3CC3)cc2S(N)(=O)=O)CCCO1. The van der Waals surface area contributed by atoms with Crippen molar-refractivity contribution in [3.63, 3.8) is 0 Å². The van der Waals surface area contributed by atoms with Crippen LogP contribution in [-0.4, -0.2) is 40.0 Å². The van der Waals surface area contributed by atoms with Crippen LogP contribution in [0, 0.1) is 5.92 Å². The van der Waals surface area contributed by atoms with E-state index in [1.807, 2.05) is 11.8 Å². The van der Waals surface area contributed by atoms with Crippen molar-refractivity contribution in [3.05, 3.63) is 23.8 Å². The average molecular weight is 338 g/mol. The molecule has 7 heteroatoms. The van der Waals surface area contributed by atoms with Gasteiger partial charge in [0.2, 0.25) is 10.0 Å². The van der Waals surface area contributed by atoms with Gasteiger partial charge in [0.05, 0.1) is 11.8 Å². The van der Waals surface area contributed by atoms with Gasteiger partial charge < -0.3 is 9.64 Å². The molecule has 2 fully saturated rings. The fourth-order valence-electron chi connectivity index (χ4n) is 2.95. The van der Waals surface area contributed by atoms with Crippen molar-refractivity contribution < 1.29 is 17.9 Å². The highest BCUT2D eigenvalue weighted by molar-refractivity contribution is 7.89. The molecule has 1 unspecified atom stereocenters. The third kappa shape index (κ3) is 3.73. The molecule has 1 atom stereocenters. The Morgan fingerprint density at radius 1 is 1.35 bits per heavy atom. The van der Waals surface area contributed by atoms with Gasteiger partial charge in [-0.3, -0.25) is 4.79 Å². The number of benzene rings is 1. The molecule has 1 saturated heterocycles. The third-order valence-corrected chi connectivity index (χ3v) is 5.23. The van der Waals surface area contributed by atoms with Gasteiger partial charge in [-0.25, -0.2) is 13.6 Å². The van der Waals surface area contributed by atoms with Gasteiger partial charge in [-0.1, -0.05) is 0 Å². The summed E-state index contributed by atoms with van der Waals surface area (Å²) in [7, 11) is -3.91. The third-order valence-electron chi connectivity index (χ3n) is 4.29. The Hall–Kier alpha value is -1.44. The van der Waals surface area contributed by atoms with Crippen molar-refractivity contribution in [1.82, 2.24) is 0 Å². The molecule has 0 amide bonds. The van der Waals surface area contributed by atoms with E-state index < -0.39 is 10.0 Å². The number of nitrogens with zero attached hydrogens (tertiary/aromatic N) is 1. The molecule has 0 radical (unpaired) electrons. The summed E-state index contributed by atoms with van der Waals surface area (Å²) in [6.07, 6.45) is 2.59. The molecule has 0 spiro atoms. The summed E-state index contributed by atoms with van der Waals surface area (Å²) in [6.45, 7) is 3.90. The van der Waals surface area contributed by atoms with Crippen LogP contribution >= 0.6 is 0 Å². The van der Waals surface area contributed by atoms with Crippen LogP contribution in [0.3, 0.4) is 0 Å². The Morgan fingerprint density at radius 3 is 2.74 bits per heavy atom. The summed E-state index contributed by atoms with van der Waals surface area (Å²) >= 11 is 0. The van der Waals surface area contributed by atoms with E-state index in [0.717, 1.165) is 19.3 Å². The molecule has 1 aliphatic heterocycles. The first-order valence-electron chi connectivity index (χ1n) is 7.94. The predicted molar refractivity (Wildman–Crippen MR) is 87.1 cm³/mol. The highest BCUT2D eigenvalue weighted by atomic mass is 32.2. The summed E-state index contributed by atoms with van der Waals surface area (Å²) in [5.41, 5.74) is 0.983. The largest absolute Gasteiger partial charge is 0.377 e. The molecular weight excluding hydrogens is 316 g/mol. The minimum atomic E-state index is -3.91. The summed E-state index contributed by atoms with van der Waals surface area (Å²) in [4.78, 5) is 14.2.